The zero-order valence-corrected chi connectivity index (χ0v) is 8.28. The Morgan fingerprint density at radius 2 is 2.50 bits per heavy atom. The van der Waals surface area contributed by atoms with Crippen molar-refractivity contribution in [2.75, 3.05) is 11.9 Å². The number of aromatic nitrogens is 2. The number of hydrogen-bond acceptors (Lipinski definition) is 4. The van der Waals surface area contributed by atoms with E-state index in [9.17, 15) is 4.79 Å². The van der Waals surface area contributed by atoms with E-state index in [-0.39, 0.29) is 0 Å². The van der Waals surface area contributed by atoms with E-state index in [4.69, 9.17) is 10.5 Å². The lowest BCUT2D eigenvalue weighted by Gasteiger charge is -2.02. The van der Waals surface area contributed by atoms with Crippen LogP contribution in [0.4, 0.5) is 10.6 Å². The Morgan fingerprint density at radius 1 is 1.79 bits per heavy atom. The predicted molar refractivity (Wildman–Crippen MR) is 51.7 cm³/mol. The lowest BCUT2D eigenvalue weighted by Crippen LogP contribution is -2.15. The van der Waals surface area contributed by atoms with E-state index in [1.807, 2.05) is 0 Å². The third-order valence-corrected chi connectivity index (χ3v) is 1.62. The molecule has 1 heterocycles. The Morgan fingerprint density at radius 3 is 3.07 bits per heavy atom. The summed E-state index contributed by atoms with van der Waals surface area (Å²) in [6.07, 6.45) is 1.24. The van der Waals surface area contributed by atoms with Crippen LogP contribution in [0, 0.1) is 0 Å². The van der Waals surface area contributed by atoms with E-state index >= 15 is 0 Å². The van der Waals surface area contributed by atoms with E-state index < -0.39 is 6.09 Å². The van der Waals surface area contributed by atoms with E-state index in [0.717, 1.165) is 5.56 Å². The lowest BCUT2D eigenvalue weighted by molar-refractivity contribution is 0.168. The van der Waals surface area contributed by atoms with Crippen LogP contribution in [0.3, 0.4) is 0 Å². The number of carbonyl (C=O) groups is 1. The Labute approximate surface area is 82.0 Å². The molecule has 0 aliphatic rings. The third kappa shape index (κ3) is 2.46. The van der Waals surface area contributed by atoms with Crippen LogP contribution in [-0.4, -0.2) is 22.5 Å². The molecular weight excluding hydrogens is 184 g/mol. The molecule has 0 bridgehead atoms. The molecule has 6 nitrogen and oxygen atoms in total. The maximum atomic E-state index is 11.1. The number of hydrogen-bond donors (Lipinski definition) is 2. The van der Waals surface area contributed by atoms with Gasteiger partial charge in [0.15, 0.2) is 5.82 Å². The predicted octanol–water partition coefficient (Wildman–Crippen LogP) is 0.447. The number of nitrogens with zero attached hydrogens (tertiary/aromatic N) is 2. The van der Waals surface area contributed by atoms with Gasteiger partial charge in [0.1, 0.15) is 0 Å². The van der Waals surface area contributed by atoms with Crippen molar-refractivity contribution in [3.63, 3.8) is 0 Å². The quantitative estimate of drug-likeness (QED) is 0.738. The molecule has 1 aromatic rings. The molecule has 1 amide bonds. The van der Waals surface area contributed by atoms with Gasteiger partial charge in [0.2, 0.25) is 0 Å². The molecule has 0 saturated heterocycles. The number of nitrogens with one attached hydrogen (secondary N) is 1. The second-order valence-electron chi connectivity index (χ2n) is 2.73. The Balaban J connectivity index is 2.70. The molecule has 0 atom stereocenters. The van der Waals surface area contributed by atoms with Gasteiger partial charge in [0.25, 0.3) is 0 Å². The van der Waals surface area contributed by atoms with Crippen molar-refractivity contribution >= 4 is 11.9 Å². The molecule has 0 aliphatic carbocycles. The zero-order chi connectivity index (χ0) is 10.6. The van der Waals surface area contributed by atoms with Gasteiger partial charge in [-0.25, -0.2) is 4.79 Å². The van der Waals surface area contributed by atoms with Crippen molar-refractivity contribution in [1.29, 1.82) is 0 Å². The van der Waals surface area contributed by atoms with Crippen LogP contribution in [0.2, 0.25) is 0 Å². The van der Waals surface area contributed by atoms with Gasteiger partial charge >= 0.3 is 6.09 Å². The largest absolute Gasteiger partial charge is 0.450 e. The highest BCUT2D eigenvalue weighted by atomic mass is 16.5. The summed E-state index contributed by atoms with van der Waals surface area (Å²) in [4.78, 5) is 11.1. The summed E-state index contributed by atoms with van der Waals surface area (Å²) in [5.41, 5.74) is 6.25. The second kappa shape index (κ2) is 4.61. The number of rotatable bonds is 3. The van der Waals surface area contributed by atoms with Crippen LogP contribution in [0.1, 0.15) is 12.5 Å². The monoisotopic (exact) mass is 198 g/mol. The first-order chi connectivity index (χ1) is 6.67. The van der Waals surface area contributed by atoms with Crippen LogP contribution >= 0.6 is 0 Å². The fourth-order valence-corrected chi connectivity index (χ4v) is 1.06. The average molecular weight is 198 g/mol. The highest BCUT2D eigenvalue weighted by Gasteiger charge is 2.09. The number of aryl methyl sites for hydroxylation is 1. The van der Waals surface area contributed by atoms with Crippen LogP contribution in [0.5, 0.6) is 0 Å². The molecule has 78 valence electrons. The number of carbonyl (C=O) groups excluding carboxylic acids is 1. The molecule has 0 unspecified atom stereocenters. The molecule has 0 saturated carbocycles. The first kappa shape index (κ1) is 10.5. The first-order valence-corrected chi connectivity index (χ1v) is 4.33. The molecule has 0 aromatic carbocycles. The second-order valence-corrected chi connectivity index (χ2v) is 2.73. The van der Waals surface area contributed by atoms with Gasteiger partial charge in [-0.1, -0.05) is 0 Å². The van der Waals surface area contributed by atoms with Crippen LogP contribution in [-0.2, 0) is 18.3 Å². The van der Waals surface area contributed by atoms with E-state index in [1.165, 1.54) is 0 Å². The molecule has 14 heavy (non-hydrogen) atoms. The number of amides is 1. The molecule has 3 N–H and O–H groups in total. The summed E-state index contributed by atoms with van der Waals surface area (Å²) in [5.74, 6) is 0.452. The SMILES string of the molecule is CCOC(=O)Nc1nn(C)cc1CN. The van der Waals surface area contributed by atoms with Gasteiger partial charge in [-0.3, -0.25) is 10.00 Å². The fourth-order valence-electron chi connectivity index (χ4n) is 1.06. The first-order valence-electron chi connectivity index (χ1n) is 4.33. The van der Waals surface area contributed by atoms with Crippen molar-refractivity contribution in [3.05, 3.63) is 11.8 Å². The minimum absolute atomic E-state index is 0.329. The summed E-state index contributed by atoms with van der Waals surface area (Å²) >= 11 is 0. The van der Waals surface area contributed by atoms with Gasteiger partial charge in [0.05, 0.1) is 6.61 Å². The van der Waals surface area contributed by atoms with Gasteiger partial charge in [-0.2, -0.15) is 5.10 Å². The number of anilines is 1. The van der Waals surface area contributed by atoms with Gasteiger partial charge in [-0.15, -0.1) is 0 Å². The maximum absolute atomic E-state index is 11.1. The molecule has 0 fully saturated rings. The minimum atomic E-state index is -0.513. The Kier molecular flexibility index (Phi) is 3.47. The molecule has 1 aromatic heterocycles. The molecule has 0 spiro atoms. The van der Waals surface area contributed by atoms with Gasteiger partial charge < -0.3 is 10.5 Å². The Bertz CT molecular complexity index is 321. The van der Waals surface area contributed by atoms with Crippen LogP contribution in [0.25, 0.3) is 0 Å². The van der Waals surface area contributed by atoms with E-state index in [2.05, 4.69) is 10.4 Å². The third-order valence-electron chi connectivity index (χ3n) is 1.62. The van der Waals surface area contributed by atoms with Crippen LogP contribution < -0.4 is 11.1 Å². The molecule has 0 aliphatic heterocycles. The number of nitrogens with two attached hydrogens (primary N) is 1. The topological polar surface area (TPSA) is 82.2 Å². The normalized spacial score (nSPS) is 9.93. The van der Waals surface area contributed by atoms with Crippen molar-refractivity contribution in [2.45, 2.75) is 13.5 Å². The molecular formula is C8H14N4O2. The maximum Gasteiger partial charge on any atom is 0.412 e. The summed E-state index contributed by atoms with van der Waals surface area (Å²) < 4.78 is 6.30. The van der Waals surface area contributed by atoms with E-state index in [1.54, 1.807) is 24.9 Å². The van der Waals surface area contributed by atoms with Crippen LogP contribution in [0.15, 0.2) is 6.20 Å². The highest BCUT2D eigenvalue weighted by Crippen LogP contribution is 2.11. The molecule has 0 radical (unpaired) electrons. The summed E-state index contributed by atoms with van der Waals surface area (Å²) in [5, 5.41) is 6.54. The summed E-state index contributed by atoms with van der Waals surface area (Å²) in [6.45, 7) is 2.40. The summed E-state index contributed by atoms with van der Waals surface area (Å²) in [6, 6.07) is 0. The minimum Gasteiger partial charge on any atom is -0.450 e. The van der Waals surface area contributed by atoms with Crippen molar-refractivity contribution in [2.24, 2.45) is 12.8 Å². The standard InChI is InChI=1S/C8H14N4O2/c1-3-14-8(13)10-7-6(4-9)5-12(2)11-7/h5H,3-4,9H2,1-2H3,(H,10,11,13). The van der Waals surface area contributed by atoms with E-state index in [0.29, 0.717) is 19.0 Å². The molecule has 1 rings (SSSR count). The highest BCUT2D eigenvalue weighted by molar-refractivity contribution is 5.84. The van der Waals surface area contributed by atoms with Crippen molar-refractivity contribution in [1.82, 2.24) is 9.78 Å². The van der Waals surface area contributed by atoms with Crippen molar-refractivity contribution in [3.8, 4) is 0 Å². The van der Waals surface area contributed by atoms with Gasteiger partial charge in [0, 0.05) is 25.4 Å². The smallest absolute Gasteiger partial charge is 0.412 e. The number of ether oxygens (including phenoxy) is 1. The summed E-state index contributed by atoms with van der Waals surface area (Å²) in [7, 11) is 1.76. The molecule has 6 heteroatoms. The average Bonchev–Trinajstić information content (AvgIpc) is 2.46. The zero-order valence-electron chi connectivity index (χ0n) is 8.28. The Hall–Kier alpha value is -1.56. The van der Waals surface area contributed by atoms with Gasteiger partial charge in [-0.05, 0) is 6.92 Å². The lowest BCUT2D eigenvalue weighted by atomic mass is 10.3. The van der Waals surface area contributed by atoms with Crippen molar-refractivity contribution < 1.29 is 9.53 Å². The fraction of sp³-hybridized carbons (Fsp3) is 0.500.